The first-order valence-corrected chi connectivity index (χ1v) is 8.02. The summed E-state index contributed by atoms with van der Waals surface area (Å²) >= 11 is 0. The van der Waals surface area contributed by atoms with Crippen molar-refractivity contribution in [3.05, 3.63) is 57.1 Å². The summed E-state index contributed by atoms with van der Waals surface area (Å²) in [5.74, 6) is 0. The van der Waals surface area contributed by atoms with Crippen molar-refractivity contribution in [2.24, 2.45) is 5.10 Å². The maximum Gasteiger partial charge on any atom is 0.317 e. The van der Waals surface area contributed by atoms with Gasteiger partial charge in [-0.3, -0.25) is 14.6 Å². The van der Waals surface area contributed by atoms with Gasteiger partial charge in [0.05, 0.1) is 36.2 Å². The molecule has 8 nitrogen and oxygen atoms in total. The van der Waals surface area contributed by atoms with Crippen molar-refractivity contribution in [2.75, 3.05) is 18.3 Å². The van der Waals surface area contributed by atoms with Crippen LogP contribution < -0.4 is 21.7 Å². The molecule has 2 aromatic rings. The topological polar surface area (TPSA) is 84.5 Å². The van der Waals surface area contributed by atoms with E-state index in [-0.39, 0.29) is 6.54 Å². The van der Waals surface area contributed by atoms with Crippen molar-refractivity contribution in [2.45, 2.75) is 24.9 Å². The third-order valence-corrected chi connectivity index (χ3v) is 4.56. The standard InChI is InChI=1S/C16H17FN6O2/c17-11-16(3-4-16)22-8-7-21(14(24)15(22)25)10-12-1-2-13(9-18-12)23-19-5-6-20-23/h1-2,5,7-9,20H,3-4,6,10-11H2. The van der Waals surface area contributed by atoms with E-state index < -0.39 is 23.3 Å². The third-order valence-electron chi connectivity index (χ3n) is 4.56. The highest BCUT2D eigenvalue weighted by Gasteiger charge is 2.45. The van der Waals surface area contributed by atoms with E-state index in [0.717, 1.165) is 5.69 Å². The maximum atomic E-state index is 13.1. The highest BCUT2D eigenvalue weighted by Crippen LogP contribution is 2.42. The van der Waals surface area contributed by atoms with Crippen molar-refractivity contribution in [3.63, 3.8) is 0 Å². The minimum atomic E-state index is -0.807. The van der Waals surface area contributed by atoms with E-state index in [2.05, 4.69) is 15.5 Å². The van der Waals surface area contributed by atoms with Gasteiger partial charge < -0.3 is 9.13 Å². The Morgan fingerprint density at radius 2 is 2.04 bits per heavy atom. The van der Waals surface area contributed by atoms with E-state index >= 15 is 0 Å². The molecule has 0 saturated heterocycles. The Hall–Kier alpha value is -2.81. The molecule has 2 aliphatic rings. The SMILES string of the molecule is O=c1c(=O)n(C2(CF)CC2)ccn1Cc1ccc(N2N=CCN2)cn1. The number of rotatable bonds is 5. The average Bonchev–Trinajstić information content (AvgIpc) is 3.23. The van der Waals surface area contributed by atoms with Gasteiger partial charge in [0, 0.05) is 18.6 Å². The molecule has 9 heteroatoms. The fourth-order valence-electron chi connectivity index (χ4n) is 2.85. The molecule has 0 bridgehead atoms. The van der Waals surface area contributed by atoms with Crippen molar-refractivity contribution >= 4 is 11.9 Å². The zero-order valence-corrected chi connectivity index (χ0v) is 13.4. The van der Waals surface area contributed by atoms with Gasteiger partial charge in [0.15, 0.2) is 0 Å². The molecule has 0 atom stereocenters. The molecule has 0 amide bonds. The summed E-state index contributed by atoms with van der Waals surface area (Å²) < 4.78 is 15.7. The molecular formula is C16H17FN6O2. The Morgan fingerprint density at radius 1 is 1.20 bits per heavy atom. The molecule has 1 aliphatic carbocycles. The zero-order valence-electron chi connectivity index (χ0n) is 13.4. The number of aromatic nitrogens is 3. The Labute approximate surface area is 142 Å². The Kier molecular flexibility index (Phi) is 3.72. The molecule has 4 rings (SSSR count). The molecule has 0 aromatic carbocycles. The van der Waals surface area contributed by atoms with E-state index in [1.54, 1.807) is 23.6 Å². The second kappa shape index (κ2) is 5.92. The van der Waals surface area contributed by atoms with Crippen LogP contribution in [-0.2, 0) is 12.1 Å². The number of nitrogens with zero attached hydrogens (tertiary/aromatic N) is 5. The number of hydrazine groups is 1. The number of anilines is 1. The smallest absolute Gasteiger partial charge is 0.303 e. The Bertz CT molecular complexity index is 929. The highest BCUT2D eigenvalue weighted by atomic mass is 19.1. The van der Waals surface area contributed by atoms with Crippen LogP contribution in [0.1, 0.15) is 18.5 Å². The molecule has 130 valence electrons. The molecule has 2 aromatic heterocycles. The van der Waals surface area contributed by atoms with E-state index in [1.807, 2.05) is 6.07 Å². The van der Waals surface area contributed by atoms with Crippen molar-refractivity contribution in [1.29, 1.82) is 0 Å². The van der Waals surface area contributed by atoms with Crippen LogP contribution in [0.2, 0.25) is 0 Å². The highest BCUT2D eigenvalue weighted by molar-refractivity contribution is 5.65. The first-order valence-electron chi connectivity index (χ1n) is 8.02. The minimum Gasteiger partial charge on any atom is -0.303 e. The van der Waals surface area contributed by atoms with Crippen LogP contribution >= 0.6 is 0 Å². The number of hydrogen-bond donors (Lipinski definition) is 1. The Morgan fingerprint density at radius 3 is 2.64 bits per heavy atom. The fraction of sp³-hybridized carbons (Fsp3) is 0.375. The van der Waals surface area contributed by atoms with Crippen molar-refractivity contribution in [3.8, 4) is 0 Å². The number of hydrogen-bond acceptors (Lipinski definition) is 6. The van der Waals surface area contributed by atoms with Crippen LogP contribution in [0.3, 0.4) is 0 Å². The van der Waals surface area contributed by atoms with Crippen LogP contribution in [0.4, 0.5) is 10.1 Å². The van der Waals surface area contributed by atoms with Gasteiger partial charge >= 0.3 is 11.1 Å². The average molecular weight is 344 g/mol. The van der Waals surface area contributed by atoms with Crippen molar-refractivity contribution < 1.29 is 4.39 Å². The van der Waals surface area contributed by atoms with E-state index in [9.17, 15) is 14.0 Å². The lowest BCUT2D eigenvalue weighted by atomic mass is 10.3. The van der Waals surface area contributed by atoms with Crippen LogP contribution in [-0.4, -0.2) is 33.6 Å². The number of halogens is 1. The maximum absolute atomic E-state index is 13.1. The van der Waals surface area contributed by atoms with Gasteiger partial charge in [0.2, 0.25) is 0 Å². The molecule has 3 heterocycles. The second-order valence-electron chi connectivity index (χ2n) is 6.24. The van der Waals surface area contributed by atoms with Crippen LogP contribution in [0.5, 0.6) is 0 Å². The first kappa shape index (κ1) is 15.7. The van der Waals surface area contributed by atoms with Gasteiger partial charge in [-0.2, -0.15) is 10.2 Å². The van der Waals surface area contributed by atoms with Crippen molar-refractivity contribution in [1.82, 2.24) is 19.5 Å². The van der Waals surface area contributed by atoms with Gasteiger partial charge in [0.1, 0.15) is 6.67 Å². The quantitative estimate of drug-likeness (QED) is 0.785. The lowest BCUT2D eigenvalue weighted by Crippen LogP contribution is -2.45. The normalized spacial score (nSPS) is 17.9. The van der Waals surface area contributed by atoms with Gasteiger partial charge in [0.25, 0.3) is 0 Å². The van der Waals surface area contributed by atoms with E-state index in [4.69, 9.17) is 0 Å². The van der Waals surface area contributed by atoms with Crippen LogP contribution in [0, 0.1) is 0 Å². The fourth-order valence-corrected chi connectivity index (χ4v) is 2.85. The monoisotopic (exact) mass is 344 g/mol. The van der Waals surface area contributed by atoms with Gasteiger partial charge in [-0.1, -0.05) is 0 Å². The zero-order chi connectivity index (χ0) is 17.4. The summed E-state index contributed by atoms with van der Waals surface area (Å²) in [6, 6.07) is 3.60. The molecule has 1 aliphatic heterocycles. The summed E-state index contributed by atoms with van der Waals surface area (Å²) in [6.45, 7) is 0.203. The lowest BCUT2D eigenvalue weighted by molar-refractivity contribution is 0.326. The summed E-state index contributed by atoms with van der Waals surface area (Å²) in [5.41, 5.74) is 2.28. The number of hydrazone groups is 1. The third kappa shape index (κ3) is 2.76. The molecular weight excluding hydrogens is 327 g/mol. The minimum absolute atomic E-state index is 0.175. The summed E-state index contributed by atoms with van der Waals surface area (Å²) in [5, 5.41) is 5.73. The number of nitrogens with one attached hydrogen (secondary N) is 1. The first-order chi connectivity index (χ1) is 12.1. The molecule has 1 fully saturated rings. The molecule has 0 radical (unpaired) electrons. The molecule has 0 spiro atoms. The molecule has 25 heavy (non-hydrogen) atoms. The summed E-state index contributed by atoms with van der Waals surface area (Å²) in [6.07, 6.45) is 7.56. The predicted molar refractivity (Wildman–Crippen MR) is 90.5 cm³/mol. The molecule has 0 unspecified atom stereocenters. The lowest BCUT2D eigenvalue weighted by Gasteiger charge is -2.16. The van der Waals surface area contributed by atoms with Crippen LogP contribution in [0.15, 0.2) is 45.4 Å². The molecule has 1 N–H and O–H groups in total. The van der Waals surface area contributed by atoms with Gasteiger partial charge in [-0.15, -0.1) is 0 Å². The van der Waals surface area contributed by atoms with Gasteiger partial charge in [-0.25, -0.2) is 9.82 Å². The second-order valence-corrected chi connectivity index (χ2v) is 6.24. The molecule has 1 saturated carbocycles. The number of alkyl halides is 1. The van der Waals surface area contributed by atoms with E-state index in [0.29, 0.717) is 25.1 Å². The van der Waals surface area contributed by atoms with E-state index in [1.165, 1.54) is 21.5 Å². The predicted octanol–water partition coefficient (Wildman–Crippen LogP) is 0.222. The Balaban J connectivity index is 1.57. The largest absolute Gasteiger partial charge is 0.317 e. The summed E-state index contributed by atoms with van der Waals surface area (Å²) in [4.78, 5) is 28.9. The van der Waals surface area contributed by atoms with Gasteiger partial charge in [-0.05, 0) is 25.0 Å². The van der Waals surface area contributed by atoms with Crippen LogP contribution in [0.25, 0.3) is 0 Å². The summed E-state index contributed by atoms with van der Waals surface area (Å²) in [7, 11) is 0. The number of pyridine rings is 1.